The van der Waals surface area contributed by atoms with Gasteiger partial charge in [0.25, 0.3) is 0 Å². The number of nitrogens with two attached hydrogens (primary N) is 1. The molecule has 22 heavy (non-hydrogen) atoms. The van der Waals surface area contributed by atoms with E-state index in [-0.39, 0.29) is 6.04 Å². The van der Waals surface area contributed by atoms with Gasteiger partial charge in [0.15, 0.2) is 0 Å². The molecule has 0 spiro atoms. The van der Waals surface area contributed by atoms with Crippen molar-refractivity contribution >= 4 is 25.5 Å². The van der Waals surface area contributed by atoms with Gasteiger partial charge in [0.1, 0.15) is 0 Å². The molecule has 4 heteroatoms. The fraction of sp³-hybridized carbons (Fsp3) is 0.833. The van der Waals surface area contributed by atoms with Crippen molar-refractivity contribution < 1.29 is 0 Å². The summed E-state index contributed by atoms with van der Waals surface area (Å²) in [7, 11) is 0. The van der Waals surface area contributed by atoms with Crippen molar-refractivity contribution in [2.24, 2.45) is 10.7 Å². The second-order valence-corrected chi connectivity index (χ2v) is 13.9. The number of hydrogen-bond acceptors (Lipinski definition) is 3. The van der Waals surface area contributed by atoms with E-state index in [2.05, 4.69) is 51.5 Å². The molecule has 0 aromatic heterocycles. The Hall–Kier alpha value is 0.0600. The van der Waals surface area contributed by atoms with E-state index in [1.54, 1.807) is 0 Å². The van der Waals surface area contributed by atoms with Gasteiger partial charge >= 0.3 is 146 Å². The Labute approximate surface area is 146 Å². The number of halogens is 1. The average molecular weight is 423 g/mol. The molecule has 3 nitrogen and oxygen atoms in total. The van der Waals surface area contributed by atoms with E-state index in [1.165, 1.54) is 28.1 Å². The molecule has 0 heterocycles. The van der Waals surface area contributed by atoms with E-state index in [9.17, 15) is 0 Å². The SMILES string of the molecule is C=CCN=C(CN)[C@@H](C)NC(CCC)CCI(CC)C(C)C. The summed E-state index contributed by atoms with van der Waals surface area (Å²) in [5.41, 5.74) is 6.92. The monoisotopic (exact) mass is 423 g/mol. The van der Waals surface area contributed by atoms with Gasteiger partial charge in [-0.2, -0.15) is 0 Å². The van der Waals surface area contributed by atoms with Gasteiger partial charge in [-0.1, -0.05) is 0 Å². The van der Waals surface area contributed by atoms with Crippen LogP contribution in [0.2, 0.25) is 0 Å². The van der Waals surface area contributed by atoms with E-state index >= 15 is 0 Å². The van der Waals surface area contributed by atoms with Crippen LogP contribution in [0.1, 0.15) is 53.9 Å². The van der Waals surface area contributed by atoms with Gasteiger partial charge in [-0.05, 0) is 0 Å². The zero-order chi connectivity index (χ0) is 17.0. The van der Waals surface area contributed by atoms with Crippen molar-refractivity contribution in [3.8, 4) is 0 Å². The van der Waals surface area contributed by atoms with Gasteiger partial charge in [-0.25, -0.2) is 0 Å². The second kappa shape index (κ2) is 13.5. The Morgan fingerprint density at radius 2 is 1.95 bits per heavy atom. The van der Waals surface area contributed by atoms with E-state index in [4.69, 9.17) is 5.73 Å². The maximum absolute atomic E-state index is 5.85. The summed E-state index contributed by atoms with van der Waals surface area (Å²) in [6.07, 6.45) is 5.62. The Morgan fingerprint density at radius 3 is 2.41 bits per heavy atom. The van der Waals surface area contributed by atoms with Gasteiger partial charge in [0, 0.05) is 0 Å². The van der Waals surface area contributed by atoms with Crippen LogP contribution < -0.4 is 11.1 Å². The summed E-state index contributed by atoms with van der Waals surface area (Å²) in [4.78, 5) is 4.53. The second-order valence-electron chi connectivity index (χ2n) is 5.96. The molecule has 0 saturated carbocycles. The molecular formula is C18H38IN3. The van der Waals surface area contributed by atoms with Crippen molar-refractivity contribution in [2.45, 2.75) is 69.9 Å². The number of hydrogen-bond donors (Lipinski definition) is 2. The maximum atomic E-state index is 5.85. The molecule has 0 saturated heterocycles. The molecule has 0 aliphatic heterocycles. The summed E-state index contributed by atoms with van der Waals surface area (Å²) in [5, 5.41) is 3.78. The van der Waals surface area contributed by atoms with Gasteiger partial charge in [0.05, 0.1) is 0 Å². The van der Waals surface area contributed by atoms with Gasteiger partial charge in [0.2, 0.25) is 0 Å². The van der Waals surface area contributed by atoms with Crippen molar-refractivity contribution in [3.63, 3.8) is 0 Å². The number of rotatable bonds is 13. The summed E-state index contributed by atoms with van der Waals surface area (Å²) in [6.45, 7) is 16.6. The molecule has 0 bridgehead atoms. The average Bonchev–Trinajstić information content (AvgIpc) is 2.48. The quantitative estimate of drug-likeness (QED) is 0.203. The minimum absolute atomic E-state index is 0.268. The van der Waals surface area contributed by atoms with Crippen molar-refractivity contribution in [1.82, 2.24) is 5.32 Å². The fourth-order valence-electron chi connectivity index (χ4n) is 2.60. The molecule has 1 unspecified atom stereocenters. The molecule has 0 aromatic rings. The van der Waals surface area contributed by atoms with Crippen molar-refractivity contribution in [1.29, 1.82) is 0 Å². The topological polar surface area (TPSA) is 50.4 Å². The third-order valence-corrected chi connectivity index (χ3v) is 11.4. The van der Waals surface area contributed by atoms with Crippen LogP contribution in [0.5, 0.6) is 0 Å². The van der Waals surface area contributed by atoms with E-state index in [0.29, 0.717) is 19.1 Å². The molecule has 2 atom stereocenters. The van der Waals surface area contributed by atoms with Crippen molar-refractivity contribution in [2.75, 3.05) is 21.9 Å². The molecule has 0 aliphatic carbocycles. The number of alkyl halides is 3. The number of nitrogens with zero attached hydrogens (tertiary/aromatic N) is 1. The summed E-state index contributed by atoms with van der Waals surface area (Å²) >= 11 is -0.751. The van der Waals surface area contributed by atoms with Gasteiger partial charge in [-0.15, -0.1) is 0 Å². The zero-order valence-corrected chi connectivity index (χ0v) is 17.5. The molecule has 0 radical (unpaired) electrons. The molecule has 3 N–H and O–H groups in total. The third kappa shape index (κ3) is 9.26. The predicted molar refractivity (Wildman–Crippen MR) is 112 cm³/mol. The number of nitrogens with one attached hydrogen (secondary N) is 1. The first kappa shape index (κ1) is 22.1. The van der Waals surface area contributed by atoms with Crippen molar-refractivity contribution in [3.05, 3.63) is 12.7 Å². The van der Waals surface area contributed by atoms with Crippen LogP contribution in [0.4, 0.5) is 0 Å². The Balaban J connectivity index is 4.57. The summed E-state index contributed by atoms with van der Waals surface area (Å²) in [5.74, 6) is 0. The first-order chi connectivity index (χ1) is 10.5. The van der Waals surface area contributed by atoms with Gasteiger partial charge < -0.3 is 0 Å². The molecule has 0 rings (SSSR count). The number of aliphatic imine (C=N–C) groups is 1. The first-order valence-corrected chi connectivity index (χ1v) is 13.0. The van der Waals surface area contributed by atoms with Crippen LogP contribution in [-0.2, 0) is 0 Å². The molecule has 0 aromatic carbocycles. The van der Waals surface area contributed by atoms with Crippen LogP contribution in [0.25, 0.3) is 0 Å². The van der Waals surface area contributed by atoms with Gasteiger partial charge in [-0.3, -0.25) is 0 Å². The Kier molecular flexibility index (Phi) is 13.5. The molecular weight excluding hydrogens is 385 g/mol. The zero-order valence-electron chi connectivity index (χ0n) is 15.4. The van der Waals surface area contributed by atoms with E-state index in [0.717, 1.165) is 9.64 Å². The molecule has 0 aliphatic rings. The summed E-state index contributed by atoms with van der Waals surface area (Å²) in [6, 6.07) is 0.870. The fourth-order valence-corrected chi connectivity index (χ4v) is 7.92. The minimum atomic E-state index is -0.751. The first-order valence-electron chi connectivity index (χ1n) is 8.70. The van der Waals surface area contributed by atoms with Crippen LogP contribution in [0.15, 0.2) is 17.6 Å². The molecule has 0 fully saturated rings. The molecule has 0 amide bonds. The van der Waals surface area contributed by atoms with E-state index < -0.39 is 19.8 Å². The third-order valence-electron chi connectivity index (χ3n) is 3.92. The standard InChI is InChI=1S/C18H38IN3/c1-7-10-17(11-12-19(9-3)15(4)5)22-16(6)18(14-20)21-13-8-2/h8,15-17,22H,2,7,9-14,20H2,1,3-6H3/t16-,17?/m1/s1. The summed E-state index contributed by atoms with van der Waals surface area (Å²) < 4.78 is 3.83. The molecule has 132 valence electrons. The van der Waals surface area contributed by atoms with Crippen LogP contribution >= 0.6 is 19.8 Å². The predicted octanol–water partition coefficient (Wildman–Crippen LogP) is 4.04. The Bertz CT molecular complexity index is 315. The normalized spacial score (nSPS) is 15.8. The van der Waals surface area contributed by atoms with Crippen LogP contribution in [-0.4, -0.2) is 43.7 Å². The Morgan fingerprint density at radius 1 is 1.27 bits per heavy atom. The van der Waals surface area contributed by atoms with E-state index in [1.807, 2.05) is 6.08 Å². The van der Waals surface area contributed by atoms with Crippen LogP contribution in [0.3, 0.4) is 0 Å². The van der Waals surface area contributed by atoms with Crippen LogP contribution in [0, 0.1) is 0 Å².